The van der Waals surface area contributed by atoms with Crippen LogP contribution in [0.5, 0.6) is 17.2 Å². The molecule has 174 valence electrons. The van der Waals surface area contributed by atoms with Crippen LogP contribution in [-0.4, -0.2) is 69.3 Å². The molecule has 0 bridgehead atoms. The summed E-state index contributed by atoms with van der Waals surface area (Å²) in [4.78, 5) is 27.0. The Morgan fingerprint density at radius 3 is 2.16 bits per heavy atom. The fourth-order valence-electron chi connectivity index (χ4n) is 5.07. The van der Waals surface area contributed by atoms with E-state index in [-0.39, 0.29) is 29.4 Å². The molecule has 0 spiro atoms. The first-order chi connectivity index (χ1) is 15.3. The van der Waals surface area contributed by atoms with Crippen molar-refractivity contribution in [3.63, 3.8) is 0 Å². The van der Waals surface area contributed by atoms with Crippen LogP contribution < -0.4 is 14.2 Å². The van der Waals surface area contributed by atoms with E-state index in [9.17, 15) is 9.59 Å². The van der Waals surface area contributed by atoms with Crippen LogP contribution in [0, 0.1) is 5.41 Å². The van der Waals surface area contributed by atoms with Crippen molar-refractivity contribution in [2.45, 2.75) is 39.0 Å². The van der Waals surface area contributed by atoms with E-state index in [1.165, 1.54) is 0 Å². The second-order valence-corrected chi connectivity index (χ2v) is 9.29. The maximum absolute atomic E-state index is 13.5. The Kier molecular flexibility index (Phi) is 6.18. The molecule has 2 heterocycles. The number of nitrogens with zero attached hydrogens (tertiary/aromatic N) is 2. The zero-order valence-electron chi connectivity index (χ0n) is 19.5. The van der Waals surface area contributed by atoms with Crippen LogP contribution in [0.4, 0.5) is 0 Å². The molecule has 1 saturated heterocycles. The van der Waals surface area contributed by atoms with Gasteiger partial charge in [0.2, 0.25) is 11.7 Å². The second-order valence-electron chi connectivity index (χ2n) is 9.29. The standard InChI is InChI=1S/C24H32N2O6/c1-24(2)13-17-22(18(27)14-24)16(12-21(28)26(17)25-6-8-32-9-7-25)15-10-19(29-3)23(31-5)20(11-15)30-4/h10-11,16H,6-9,12-14H2,1-5H3. The predicted octanol–water partition coefficient (Wildman–Crippen LogP) is 2.92. The first-order valence-corrected chi connectivity index (χ1v) is 11.0. The van der Waals surface area contributed by atoms with Crippen molar-refractivity contribution in [2.24, 2.45) is 5.41 Å². The van der Waals surface area contributed by atoms with Crippen molar-refractivity contribution in [2.75, 3.05) is 47.6 Å². The zero-order valence-corrected chi connectivity index (χ0v) is 19.5. The molecule has 0 N–H and O–H groups in total. The van der Waals surface area contributed by atoms with Gasteiger partial charge in [-0.1, -0.05) is 13.8 Å². The fraction of sp³-hybridized carbons (Fsp3) is 0.583. The molecule has 1 aliphatic carbocycles. The number of rotatable bonds is 5. The summed E-state index contributed by atoms with van der Waals surface area (Å²) in [5.41, 5.74) is 2.15. The Labute approximate surface area is 189 Å². The summed E-state index contributed by atoms with van der Waals surface area (Å²) in [6.45, 7) is 6.57. The van der Waals surface area contributed by atoms with Gasteiger partial charge >= 0.3 is 0 Å². The van der Waals surface area contributed by atoms with Gasteiger partial charge in [0.15, 0.2) is 17.3 Å². The number of carbonyl (C=O) groups is 2. The lowest BCUT2D eigenvalue weighted by Crippen LogP contribution is -2.55. The minimum Gasteiger partial charge on any atom is -0.493 e. The van der Waals surface area contributed by atoms with Crippen molar-refractivity contribution in [1.29, 1.82) is 0 Å². The average Bonchev–Trinajstić information content (AvgIpc) is 2.77. The van der Waals surface area contributed by atoms with Crippen LogP contribution in [0.1, 0.15) is 44.6 Å². The van der Waals surface area contributed by atoms with Gasteiger partial charge in [-0.3, -0.25) is 9.59 Å². The van der Waals surface area contributed by atoms with E-state index in [4.69, 9.17) is 18.9 Å². The maximum Gasteiger partial charge on any atom is 0.242 e. The summed E-state index contributed by atoms with van der Waals surface area (Å²) < 4.78 is 22.0. The topological polar surface area (TPSA) is 77.5 Å². The monoisotopic (exact) mass is 444 g/mol. The third-order valence-electron chi connectivity index (χ3n) is 6.48. The van der Waals surface area contributed by atoms with Crippen LogP contribution in [0.15, 0.2) is 23.4 Å². The van der Waals surface area contributed by atoms with E-state index >= 15 is 0 Å². The van der Waals surface area contributed by atoms with Crippen LogP contribution in [-0.2, 0) is 14.3 Å². The van der Waals surface area contributed by atoms with Crippen molar-refractivity contribution >= 4 is 11.7 Å². The first-order valence-electron chi connectivity index (χ1n) is 11.0. The van der Waals surface area contributed by atoms with Crippen LogP contribution in [0.3, 0.4) is 0 Å². The number of carbonyl (C=O) groups excluding carboxylic acids is 2. The second kappa shape index (κ2) is 8.75. The summed E-state index contributed by atoms with van der Waals surface area (Å²) in [5, 5.41) is 3.80. The SMILES string of the molecule is COc1cc(C2CC(=O)N(N3CCOCC3)C3=C2C(=O)CC(C)(C)C3)cc(OC)c1OC. The summed E-state index contributed by atoms with van der Waals surface area (Å²) in [5.74, 6) is 1.25. The van der Waals surface area contributed by atoms with Gasteiger partial charge in [0.25, 0.3) is 0 Å². The van der Waals surface area contributed by atoms with E-state index in [2.05, 4.69) is 13.8 Å². The van der Waals surface area contributed by atoms with Gasteiger partial charge in [0, 0.05) is 43.1 Å². The van der Waals surface area contributed by atoms with Gasteiger partial charge < -0.3 is 18.9 Å². The Morgan fingerprint density at radius 1 is 0.969 bits per heavy atom. The minimum absolute atomic E-state index is 0.00472. The molecule has 4 rings (SSSR count). The highest BCUT2D eigenvalue weighted by molar-refractivity contribution is 6.02. The van der Waals surface area contributed by atoms with Crippen molar-refractivity contribution in [3.05, 3.63) is 29.0 Å². The lowest BCUT2D eigenvalue weighted by molar-refractivity contribution is -0.154. The molecule has 0 radical (unpaired) electrons. The number of ketones is 1. The third-order valence-corrected chi connectivity index (χ3v) is 6.48. The number of hydrogen-bond acceptors (Lipinski definition) is 7. The number of ether oxygens (including phenoxy) is 4. The first kappa shape index (κ1) is 22.6. The van der Waals surface area contributed by atoms with Gasteiger partial charge in [-0.2, -0.15) is 0 Å². The molecule has 32 heavy (non-hydrogen) atoms. The predicted molar refractivity (Wildman–Crippen MR) is 118 cm³/mol. The number of morpholine rings is 1. The quantitative estimate of drug-likeness (QED) is 0.691. The lowest BCUT2D eigenvalue weighted by atomic mass is 9.69. The van der Waals surface area contributed by atoms with E-state index in [1.54, 1.807) is 26.3 Å². The van der Waals surface area contributed by atoms with E-state index in [0.29, 0.717) is 56.4 Å². The largest absolute Gasteiger partial charge is 0.493 e. The maximum atomic E-state index is 13.5. The average molecular weight is 445 g/mol. The smallest absolute Gasteiger partial charge is 0.242 e. The third kappa shape index (κ3) is 3.97. The number of Topliss-reactive ketones (excluding diaryl/α,β-unsaturated/α-hetero) is 1. The summed E-state index contributed by atoms with van der Waals surface area (Å²) in [7, 11) is 4.68. The Morgan fingerprint density at radius 2 is 1.59 bits per heavy atom. The molecule has 1 aromatic carbocycles. The van der Waals surface area contributed by atoms with Crippen LogP contribution in [0.25, 0.3) is 0 Å². The normalized spacial score (nSPS) is 23.8. The molecule has 0 aromatic heterocycles. The molecule has 0 saturated carbocycles. The molecular weight excluding hydrogens is 412 g/mol. The highest BCUT2D eigenvalue weighted by Crippen LogP contribution is 2.49. The molecule has 1 unspecified atom stereocenters. The number of amides is 1. The van der Waals surface area contributed by atoms with E-state index in [1.807, 2.05) is 17.1 Å². The molecule has 2 aliphatic heterocycles. The molecule has 1 aromatic rings. The number of allylic oxidation sites excluding steroid dienone is 2. The summed E-state index contributed by atoms with van der Waals surface area (Å²) in [6, 6.07) is 3.70. The molecule has 1 fully saturated rings. The lowest BCUT2D eigenvalue weighted by Gasteiger charge is -2.47. The van der Waals surface area contributed by atoms with Crippen molar-refractivity contribution in [1.82, 2.24) is 10.0 Å². The van der Waals surface area contributed by atoms with Gasteiger partial charge in [-0.25, -0.2) is 10.0 Å². The molecule has 1 amide bonds. The highest BCUT2D eigenvalue weighted by Gasteiger charge is 2.46. The van der Waals surface area contributed by atoms with Crippen LogP contribution >= 0.6 is 0 Å². The van der Waals surface area contributed by atoms with Gasteiger partial charge in [-0.05, 0) is 29.5 Å². The van der Waals surface area contributed by atoms with E-state index < -0.39 is 0 Å². The molecule has 3 aliphatic rings. The fourth-order valence-corrected chi connectivity index (χ4v) is 5.07. The number of hydrazine groups is 1. The molecular formula is C24H32N2O6. The summed E-state index contributed by atoms with van der Waals surface area (Å²) in [6.07, 6.45) is 1.33. The van der Waals surface area contributed by atoms with Gasteiger partial charge in [-0.15, -0.1) is 0 Å². The Hall–Kier alpha value is -2.58. The Bertz CT molecular complexity index is 923. The van der Waals surface area contributed by atoms with Crippen LogP contribution in [0.2, 0.25) is 0 Å². The zero-order chi connectivity index (χ0) is 23.0. The van der Waals surface area contributed by atoms with Crippen molar-refractivity contribution < 1.29 is 28.5 Å². The highest BCUT2D eigenvalue weighted by atomic mass is 16.5. The minimum atomic E-state index is -0.355. The van der Waals surface area contributed by atoms with E-state index in [0.717, 1.165) is 16.8 Å². The van der Waals surface area contributed by atoms with Gasteiger partial charge in [0.1, 0.15) is 0 Å². The molecule has 8 heteroatoms. The Balaban J connectivity index is 1.85. The number of hydrogen-bond donors (Lipinski definition) is 0. The summed E-state index contributed by atoms with van der Waals surface area (Å²) >= 11 is 0. The number of methoxy groups -OCH3 is 3. The van der Waals surface area contributed by atoms with Crippen molar-refractivity contribution in [3.8, 4) is 17.2 Å². The molecule has 1 atom stereocenters. The van der Waals surface area contributed by atoms with Gasteiger partial charge in [0.05, 0.1) is 34.5 Å². The molecule has 8 nitrogen and oxygen atoms in total. The number of benzene rings is 1.